The highest BCUT2D eigenvalue weighted by atomic mass is 32.1. The molecule has 4 heteroatoms. The Balaban J connectivity index is 1.69. The van der Waals surface area contributed by atoms with E-state index in [1.807, 2.05) is 18.3 Å². The largest absolute Gasteiger partial charge is 0.444 e. The van der Waals surface area contributed by atoms with Crippen molar-refractivity contribution in [2.75, 3.05) is 0 Å². The highest BCUT2D eigenvalue weighted by molar-refractivity contribution is 7.19. The van der Waals surface area contributed by atoms with Crippen molar-refractivity contribution in [1.82, 2.24) is 10.3 Å². The highest BCUT2D eigenvalue weighted by Gasteiger charge is 2.10. The van der Waals surface area contributed by atoms with Crippen molar-refractivity contribution >= 4 is 21.4 Å². The lowest BCUT2D eigenvalue weighted by atomic mass is 10.1. The Labute approximate surface area is 129 Å². The number of fused-ring (bicyclic) bond motifs is 1. The smallest absolute Gasteiger partial charge is 0.194 e. The van der Waals surface area contributed by atoms with E-state index in [4.69, 9.17) is 4.42 Å². The Morgan fingerprint density at radius 1 is 1.19 bits per heavy atom. The van der Waals surface area contributed by atoms with E-state index in [0.29, 0.717) is 0 Å². The van der Waals surface area contributed by atoms with E-state index < -0.39 is 0 Å². The summed E-state index contributed by atoms with van der Waals surface area (Å²) in [5.41, 5.74) is 2.37. The number of rotatable bonds is 5. The van der Waals surface area contributed by atoms with Gasteiger partial charge in [0.25, 0.3) is 0 Å². The SMILES string of the molecule is CCc1nc(C)c(CNCc2sc3ccccc3c2C)o1. The zero-order valence-corrected chi connectivity index (χ0v) is 13.5. The number of hydrogen-bond donors (Lipinski definition) is 1. The number of nitrogens with zero attached hydrogens (tertiary/aromatic N) is 1. The molecule has 0 saturated heterocycles. The van der Waals surface area contributed by atoms with E-state index in [1.54, 1.807) is 0 Å². The van der Waals surface area contributed by atoms with Crippen LogP contribution in [0.5, 0.6) is 0 Å². The van der Waals surface area contributed by atoms with Gasteiger partial charge in [0.2, 0.25) is 0 Å². The number of nitrogens with one attached hydrogen (secondary N) is 1. The average molecular weight is 300 g/mol. The molecule has 0 amide bonds. The molecule has 0 saturated carbocycles. The lowest BCUT2D eigenvalue weighted by molar-refractivity contribution is 0.442. The predicted octanol–water partition coefficient (Wildman–Crippen LogP) is 4.36. The molecular weight excluding hydrogens is 280 g/mol. The van der Waals surface area contributed by atoms with Crippen LogP contribution in [0.15, 0.2) is 28.7 Å². The number of aromatic nitrogens is 1. The lowest BCUT2D eigenvalue weighted by Gasteiger charge is -2.02. The van der Waals surface area contributed by atoms with Crippen LogP contribution in [0.25, 0.3) is 10.1 Å². The van der Waals surface area contributed by atoms with Crippen LogP contribution in [0.3, 0.4) is 0 Å². The summed E-state index contributed by atoms with van der Waals surface area (Å²) in [4.78, 5) is 5.80. The van der Waals surface area contributed by atoms with Gasteiger partial charge in [0, 0.05) is 22.5 Å². The zero-order valence-electron chi connectivity index (χ0n) is 12.7. The molecule has 0 aliphatic carbocycles. The van der Waals surface area contributed by atoms with Crippen molar-refractivity contribution in [2.45, 2.75) is 40.3 Å². The van der Waals surface area contributed by atoms with Crippen LogP contribution in [0.2, 0.25) is 0 Å². The zero-order chi connectivity index (χ0) is 14.8. The number of oxazole rings is 1. The first-order valence-electron chi connectivity index (χ1n) is 7.32. The summed E-state index contributed by atoms with van der Waals surface area (Å²) >= 11 is 1.86. The molecule has 0 aliphatic heterocycles. The number of aryl methyl sites for hydroxylation is 3. The van der Waals surface area contributed by atoms with Crippen molar-refractivity contribution < 1.29 is 4.42 Å². The first-order valence-corrected chi connectivity index (χ1v) is 8.13. The third kappa shape index (κ3) is 2.87. The van der Waals surface area contributed by atoms with Gasteiger partial charge in [0.05, 0.1) is 12.2 Å². The molecule has 1 aromatic carbocycles. The van der Waals surface area contributed by atoms with Gasteiger partial charge in [-0.05, 0) is 30.9 Å². The van der Waals surface area contributed by atoms with Gasteiger partial charge >= 0.3 is 0 Å². The monoisotopic (exact) mass is 300 g/mol. The maximum Gasteiger partial charge on any atom is 0.194 e. The fourth-order valence-electron chi connectivity index (χ4n) is 2.49. The average Bonchev–Trinajstić information content (AvgIpc) is 3.01. The molecule has 21 heavy (non-hydrogen) atoms. The van der Waals surface area contributed by atoms with E-state index in [9.17, 15) is 0 Å². The Hall–Kier alpha value is -1.65. The van der Waals surface area contributed by atoms with Crippen molar-refractivity contribution in [1.29, 1.82) is 0 Å². The van der Waals surface area contributed by atoms with Gasteiger partial charge in [-0.15, -0.1) is 11.3 Å². The Morgan fingerprint density at radius 2 is 2.00 bits per heavy atom. The maximum atomic E-state index is 5.72. The lowest BCUT2D eigenvalue weighted by Crippen LogP contribution is -2.12. The summed E-state index contributed by atoms with van der Waals surface area (Å²) in [6.07, 6.45) is 0.844. The summed E-state index contributed by atoms with van der Waals surface area (Å²) in [5.74, 6) is 1.77. The Kier molecular flexibility index (Phi) is 4.08. The minimum atomic E-state index is 0.729. The van der Waals surface area contributed by atoms with Gasteiger partial charge in [-0.3, -0.25) is 0 Å². The molecule has 2 aromatic heterocycles. The van der Waals surface area contributed by atoms with Crippen LogP contribution in [0.1, 0.15) is 34.7 Å². The first-order chi connectivity index (χ1) is 10.2. The van der Waals surface area contributed by atoms with E-state index in [1.165, 1.54) is 20.5 Å². The molecule has 110 valence electrons. The van der Waals surface area contributed by atoms with Crippen molar-refractivity contribution in [2.24, 2.45) is 0 Å². The van der Waals surface area contributed by atoms with Crippen LogP contribution < -0.4 is 5.32 Å². The summed E-state index contributed by atoms with van der Waals surface area (Å²) in [7, 11) is 0. The second-order valence-corrected chi connectivity index (χ2v) is 6.36. The molecule has 0 atom stereocenters. The molecular formula is C17H20N2OS. The number of hydrogen-bond acceptors (Lipinski definition) is 4. The van der Waals surface area contributed by atoms with Crippen molar-refractivity contribution in [3.05, 3.63) is 52.1 Å². The van der Waals surface area contributed by atoms with E-state index in [2.05, 4.69) is 48.4 Å². The molecule has 3 aromatic rings. The van der Waals surface area contributed by atoms with Crippen LogP contribution in [-0.4, -0.2) is 4.98 Å². The third-order valence-electron chi connectivity index (χ3n) is 3.75. The summed E-state index contributed by atoms with van der Waals surface area (Å²) in [5, 5.41) is 4.84. The van der Waals surface area contributed by atoms with E-state index in [-0.39, 0.29) is 0 Å². The van der Waals surface area contributed by atoms with E-state index >= 15 is 0 Å². The van der Waals surface area contributed by atoms with Gasteiger partial charge in [-0.1, -0.05) is 25.1 Å². The number of benzene rings is 1. The maximum absolute atomic E-state index is 5.72. The molecule has 3 rings (SSSR count). The quantitative estimate of drug-likeness (QED) is 0.761. The van der Waals surface area contributed by atoms with Gasteiger partial charge in [-0.25, -0.2) is 4.98 Å². The Bertz CT molecular complexity index is 757. The Morgan fingerprint density at radius 3 is 2.71 bits per heavy atom. The van der Waals surface area contributed by atoms with Gasteiger partial charge in [0.1, 0.15) is 5.76 Å². The van der Waals surface area contributed by atoms with Gasteiger partial charge in [0.15, 0.2) is 5.89 Å². The fraction of sp³-hybridized carbons (Fsp3) is 0.353. The second-order valence-electron chi connectivity index (χ2n) is 5.22. The molecule has 0 fully saturated rings. The number of thiophene rings is 1. The van der Waals surface area contributed by atoms with Gasteiger partial charge in [-0.2, -0.15) is 0 Å². The highest BCUT2D eigenvalue weighted by Crippen LogP contribution is 2.30. The summed E-state index contributed by atoms with van der Waals surface area (Å²) < 4.78 is 7.08. The van der Waals surface area contributed by atoms with Crippen molar-refractivity contribution in [3.8, 4) is 0 Å². The van der Waals surface area contributed by atoms with Crippen molar-refractivity contribution in [3.63, 3.8) is 0 Å². The molecule has 0 unspecified atom stereocenters. The van der Waals surface area contributed by atoms with Crippen LogP contribution in [0, 0.1) is 13.8 Å². The third-order valence-corrected chi connectivity index (χ3v) is 5.03. The van der Waals surface area contributed by atoms with Crippen LogP contribution in [0.4, 0.5) is 0 Å². The fourth-order valence-corrected chi connectivity index (χ4v) is 3.67. The molecule has 0 spiro atoms. The minimum absolute atomic E-state index is 0.729. The van der Waals surface area contributed by atoms with Crippen LogP contribution >= 0.6 is 11.3 Å². The van der Waals surface area contributed by atoms with E-state index in [0.717, 1.165) is 36.9 Å². The topological polar surface area (TPSA) is 38.1 Å². The molecule has 0 radical (unpaired) electrons. The summed E-state index contributed by atoms with van der Waals surface area (Å²) in [6, 6.07) is 8.58. The van der Waals surface area contributed by atoms with Gasteiger partial charge < -0.3 is 9.73 Å². The minimum Gasteiger partial charge on any atom is -0.444 e. The first kappa shape index (κ1) is 14.3. The van der Waals surface area contributed by atoms with Crippen LogP contribution in [-0.2, 0) is 19.5 Å². The standard InChI is InChI=1S/C17H20N2OS/c1-4-17-19-12(3)14(20-17)9-18-10-16-11(2)13-7-5-6-8-15(13)21-16/h5-8,18H,4,9-10H2,1-3H3. The molecule has 0 aliphatic rings. The normalized spacial score (nSPS) is 11.4. The molecule has 1 N–H and O–H groups in total. The molecule has 0 bridgehead atoms. The molecule has 2 heterocycles. The molecule has 3 nitrogen and oxygen atoms in total. The second kappa shape index (κ2) is 6.00. The predicted molar refractivity (Wildman–Crippen MR) is 87.7 cm³/mol. The summed E-state index contributed by atoms with van der Waals surface area (Å²) in [6.45, 7) is 7.86.